The molecule has 1 saturated heterocycles. The van der Waals surface area contributed by atoms with Crippen molar-refractivity contribution in [3.8, 4) is 0 Å². The number of hydrogen-bond donors (Lipinski definition) is 0. The molecule has 1 heterocycles. The first-order valence-electron chi connectivity index (χ1n) is 7.46. The van der Waals surface area contributed by atoms with Gasteiger partial charge in [0.2, 0.25) is 0 Å². The lowest BCUT2D eigenvalue weighted by Gasteiger charge is -2.35. The molecule has 0 radical (unpaired) electrons. The largest absolute Gasteiger partial charge is 0.416 e. The number of piperazine rings is 1. The molecular formula is C16H21F3N2O. The highest BCUT2D eigenvalue weighted by Gasteiger charge is 2.31. The molecule has 0 N–H and O–H groups in total. The van der Waals surface area contributed by atoms with E-state index in [0.717, 1.165) is 31.8 Å². The second kappa shape index (κ2) is 6.69. The Balaban J connectivity index is 2.01. The van der Waals surface area contributed by atoms with Gasteiger partial charge < -0.3 is 4.90 Å². The van der Waals surface area contributed by atoms with Crippen LogP contribution in [0.25, 0.3) is 0 Å². The van der Waals surface area contributed by atoms with Crippen molar-refractivity contribution in [1.29, 1.82) is 0 Å². The van der Waals surface area contributed by atoms with Gasteiger partial charge in [-0.3, -0.25) is 9.69 Å². The van der Waals surface area contributed by atoms with Gasteiger partial charge in [-0.05, 0) is 24.1 Å². The summed E-state index contributed by atoms with van der Waals surface area (Å²) in [6.45, 7) is 7.90. The Labute approximate surface area is 128 Å². The zero-order valence-corrected chi connectivity index (χ0v) is 12.9. The van der Waals surface area contributed by atoms with Gasteiger partial charge in [0, 0.05) is 38.3 Å². The average Bonchev–Trinajstić information content (AvgIpc) is 2.46. The lowest BCUT2D eigenvalue weighted by molar-refractivity contribution is -0.137. The summed E-state index contributed by atoms with van der Waals surface area (Å²) in [6.07, 6.45) is -4.42. The predicted molar refractivity (Wildman–Crippen MR) is 78.6 cm³/mol. The molecule has 3 nitrogen and oxygen atoms in total. The van der Waals surface area contributed by atoms with E-state index in [1.54, 1.807) is 4.90 Å². The van der Waals surface area contributed by atoms with Crippen LogP contribution in [-0.4, -0.2) is 48.4 Å². The van der Waals surface area contributed by atoms with Gasteiger partial charge in [-0.15, -0.1) is 0 Å². The second-order valence-electron chi connectivity index (χ2n) is 6.07. The van der Waals surface area contributed by atoms with E-state index < -0.39 is 11.7 Å². The van der Waals surface area contributed by atoms with Crippen LogP contribution in [0.4, 0.5) is 13.2 Å². The minimum absolute atomic E-state index is 0.104. The van der Waals surface area contributed by atoms with Gasteiger partial charge in [-0.2, -0.15) is 13.2 Å². The van der Waals surface area contributed by atoms with Crippen LogP contribution in [0.15, 0.2) is 24.3 Å². The highest BCUT2D eigenvalue weighted by atomic mass is 19.4. The molecule has 1 aliphatic heterocycles. The molecule has 122 valence electrons. The third kappa shape index (κ3) is 4.22. The van der Waals surface area contributed by atoms with Crippen LogP contribution in [0.1, 0.15) is 29.8 Å². The molecule has 0 aromatic heterocycles. The Hall–Kier alpha value is -1.56. The van der Waals surface area contributed by atoms with Crippen molar-refractivity contribution in [2.45, 2.75) is 20.0 Å². The molecular weight excluding hydrogens is 293 g/mol. The lowest BCUT2D eigenvalue weighted by Crippen LogP contribution is -2.49. The van der Waals surface area contributed by atoms with Crippen LogP contribution < -0.4 is 0 Å². The van der Waals surface area contributed by atoms with Crippen molar-refractivity contribution < 1.29 is 18.0 Å². The summed E-state index contributed by atoms with van der Waals surface area (Å²) < 4.78 is 38.1. The number of carbonyl (C=O) groups excluding carboxylic acids is 1. The van der Waals surface area contributed by atoms with E-state index in [-0.39, 0.29) is 11.5 Å². The molecule has 0 spiro atoms. The molecule has 1 aromatic rings. The van der Waals surface area contributed by atoms with Crippen molar-refractivity contribution in [3.63, 3.8) is 0 Å². The van der Waals surface area contributed by atoms with Crippen LogP contribution in [-0.2, 0) is 6.18 Å². The predicted octanol–water partition coefficient (Wildman–Crippen LogP) is 3.12. The Bertz CT molecular complexity index is 520. The maximum atomic E-state index is 12.7. The summed E-state index contributed by atoms with van der Waals surface area (Å²) in [7, 11) is 0. The van der Waals surface area contributed by atoms with Crippen LogP contribution in [0.2, 0.25) is 0 Å². The molecule has 22 heavy (non-hydrogen) atoms. The Morgan fingerprint density at radius 3 is 2.36 bits per heavy atom. The second-order valence-corrected chi connectivity index (χ2v) is 6.07. The molecule has 0 atom stereocenters. The number of carbonyl (C=O) groups is 1. The highest BCUT2D eigenvalue weighted by molar-refractivity contribution is 5.94. The van der Waals surface area contributed by atoms with E-state index in [0.29, 0.717) is 19.0 Å². The third-order valence-electron chi connectivity index (χ3n) is 3.72. The van der Waals surface area contributed by atoms with Crippen molar-refractivity contribution in [3.05, 3.63) is 35.4 Å². The minimum Gasteiger partial charge on any atom is -0.336 e. The summed E-state index contributed by atoms with van der Waals surface area (Å²) >= 11 is 0. The maximum absolute atomic E-state index is 12.7. The molecule has 1 aliphatic rings. The van der Waals surface area contributed by atoms with Gasteiger partial charge >= 0.3 is 6.18 Å². The topological polar surface area (TPSA) is 23.6 Å². The number of halogens is 3. The molecule has 1 aromatic carbocycles. The first-order valence-corrected chi connectivity index (χ1v) is 7.46. The SMILES string of the molecule is CC(C)CN1CCN(C(=O)c2cccc(C(F)(F)F)c2)CC1. The van der Waals surface area contributed by atoms with Gasteiger partial charge in [0.25, 0.3) is 5.91 Å². The molecule has 0 bridgehead atoms. The van der Waals surface area contributed by atoms with E-state index in [1.165, 1.54) is 12.1 Å². The quantitative estimate of drug-likeness (QED) is 0.856. The summed E-state index contributed by atoms with van der Waals surface area (Å²) in [5, 5.41) is 0. The van der Waals surface area contributed by atoms with Crippen molar-refractivity contribution in [2.75, 3.05) is 32.7 Å². The van der Waals surface area contributed by atoms with Crippen LogP contribution in [0.5, 0.6) is 0 Å². The van der Waals surface area contributed by atoms with Gasteiger partial charge in [0.1, 0.15) is 0 Å². The maximum Gasteiger partial charge on any atom is 0.416 e. The first kappa shape index (κ1) is 16.8. The molecule has 1 amide bonds. The fraction of sp³-hybridized carbons (Fsp3) is 0.562. The van der Waals surface area contributed by atoms with E-state index in [2.05, 4.69) is 18.7 Å². The Morgan fingerprint density at radius 2 is 1.82 bits per heavy atom. The van der Waals surface area contributed by atoms with Crippen molar-refractivity contribution in [2.24, 2.45) is 5.92 Å². The minimum atomic E-state index is -4.42. The Kier molecular flexibility index (Phi) is 5.11. The van der Waals surface area contributed by atoms with Crippen LogP contribution in [0.3, 0.4) is 0 Å². The summed E-state index contributed by atoms with van der Waals surface area (Å²) in [6, 6.07) is 4.64. The molecule has 2 rings (SSSR count). The molecule has 0 unspecified atom stereocenters. The van der Waals surface area contributed by atoms with E-state index in [4.69, 9.17) is 0 Å². The van der Waals surface area contributed by atoms with Crippen LogP contribution >= 0.6 is 0 Å². The summed E-state index contributed by atoms with van der Waals surface area (Å²) in [5.41, 5.74) is -0.677. The lowest BCUT2D eigenvalue weighted by atomic mass is 10.1. The monoisotopic (exact) mass is 314 g/mol. The van der Waals surface area contributed by atoms with Gasteiger partial charge in [-0.1, -0.05) is 19.9 Å². The third-order valence-corrected chi connectivity index (χ3v) is 3.72. The normalized spacial score (nSPS) is 17.1. The van der Waals surface area contributed by atoms with Crippen molar-refractivity contribution >= 4 is 5.91 Å². The smallest absolute Gasteiger partial charge is 0.336 e. The summed E-state index contributed by atoms with van der Waals surface area (Å²) in [5.74, 6) is 0.237. The average molecular weight is 314 g/mol. The number of benzene rings is 1. The summed E-state index contributed by atoms with van der Waals surface area (Å²) in [4.78, 5) is 16.3. The molecule has 0 saturated carbocycles. The zero-order valence-electron chi connectivity index (χ0n) is 12.9. The van der Waals surface area contributed by atoms with Gasteiger partial charge in [-0.25, -0.2) is 0 Å². The number of hydrogen-bond acceptors (Lipinski definition) is 2. The van der Waals surface area contributed by atoms with Crippen molar-refractivity contribution in [1.82, 2.24) is 9.80 Å². The molecule has 0 aliphatic carbocycles. The zero-order chi connectivity index (χ0) is 16.3. The van der Waals surface area contributed by atoms with E-state index in [9.17, 15) is 18.0 Å². The number of rotatable bonds is 3. The fourth-order valence-electron chi connectivity index (χ4n) is 2.66. The van der Waals surface area contributed by atoms with Gasteiger partial charge in [0.05, 0.1) is 5.56 Å². The first-order chi connectivity index (χ1) is 10.3. The Morgan fingerprint density at radius 1 is 1.18 bits per heavy atom. The van der Waals surface area contributed by atoms with E-state index >= 15 is 0 Å². The van der Waals surface area contributed by atoms with Gasteiger partial charge in [0.15, 0.2) is 0 Å². The fourth-order valence-corrected chi connectivity index (χ4v) is 2.66. The standard InChI is InChI=1S/C16H21F3N2O/c1-12(2)11-20-6-8-21(9-7-20)15(22)13-4-3-5-14(10-13)16(17,18)19/h3-5,10,12H,6-9,11H2,1-2H3. The number of amides is 1. The molecule has 1 fully saturated rings. The highest BCUT2D eigenvalue weighted by Crippen LogP contribution is 2.29. The molecule has 6 heteroatoms. The number of nitrogens with zero attached hydrogens (tertiary/aromatic N) is 2. The number of alkyl halides is 3. The van der Waals surface area contributed by atoms with Crippen LogP contribution in [0, 0.1) is 5.92 Å². The van der Waals surface area contributed by atoms with E-state index in [1.807, 2.05) is 0 Å².